The minimum absolute atomic E-state index is 0.0176. The van der Waals surface area contributed by atoms with Gasteiger partial charge in [0, 0.05) is 23.0 Å². The minimum atomic E-state index is -0.159. The molecule has 1 saturated heterocycles. The normalized spacial score (nSPS) is 23.7. The molecule has 2 amide bonds. The fraction of sp³-hybridized carbons (Fsp3) is 0.391. The Balaban J connectivity index is 1.43. The number of carbonyl (C=O) groups is 2. The van der Waals surface area contributed by atoms with Gasteiger partial charge in [-0.05, 0) is 61.9 Å². The van der Waals surface area contributed by atoms with Gasteiger partial charge < -0.3 is 16.0 Å². The molecular weight excluding hydrogens is 350 g/mol. The molecule has 1 heterocycles. The largest absolute Gasteiger partial charge is 0.324 e. The van der Waals surface area contributed by atoms with Crippen LogP contribution in [0.2, 0.25) is 0 Å². The lowest BCUT2D eigenvalue weighted by atomic mass is 9.85. The van der Waals surface area contributed by atoms with E-state index in [-0.39, 0.29) is 17.9 Å². The Morgan fingerprint density at radius 3 is 2.39 bits per heavy atom. The topological polar surface area (TPSA) is 70.2 Å². The fourth-order valence-electron chi connectivity index (χ4n) is 4.43. The van der Waals surface area contributed by atoms with Crippen molar-refractivity contribution in [3.63, 3.8) is 0 Å². The summed E-state index contributed by atoms with van der Waals surface area (Å²) in [4.78, 5) is 25.2. The van der Waals surface area contributed by atoms with E-state index in [1.807, 2.05) is 43.3 Å². The zero-order chi connectivity index (χ0) is 19.5. The number of benzene rings is 2. The first-order valence-corrected chi connectivity index (χ1v) is 10.1. The molecule has 2 aliphatic rings. The van der Waals surface area contributed by atoms with E-state index in [0.29, 0.717) is 23.2 Å². The van der Waals surface area contributed by atoms with Gasteiger partial charge >= 0.3 is 0 Å². The molecule has 0 bridgehead atoms. The maximum atomic E-state index is 12.8. The molecule has 4 rings (SSSR count). The van der Waals surface area contributed by atoms with Gasteiger partial charge in [0.15, 0.2) is 0 Å². The predicted octanol–water partition coefficient (Wildman–Crippen LogP) is 4.11. The third kappa shape index (κ3) is 3.94. The Labute approximate surface area is 165 Å². The molecule has 0 radical (unpaired) electrons. The number of hydrogen-bond donors (Lipinski definition) is 3. The van der Waals surface area contributed by atoms with Gasteiger partial charge in [0.1, 0.15) is 0 Å². The number of anilines is 2. The van der Waals surface area contributed by atoms with Crippen molar-refractivity contribution < 1.29 is 9.59 Å². The van der Waals surface area contributed by atoms with Crippen LogP contribution in [0.25, 0.3) is 0 Å². The monoisotopic (exact) mass is 377 g/mol. The summed E-state index contributed by atoms with van der Waals surface area (Å²) >= 11 is 0. The smallest absolute Gasteiger partial charge is 0.255 e. The molecule has 2 fully saturated rings. The highest BCUT2D eigenvalue weighted by Gasteiger charge is 2.38. The third-order valence-electron chi connectivity index (χ3n) is 6.06. The first-order valence-electron chi connectivity index (χ1n) is 10.1. The molecule has 3 unspecified atom stereocenters. The Morgan fingerprint density at radius 2 is 1.64 bits per heavy atom. The van der Waals surface area contributed by atoms with E-state index in [0.717, 1.165) is 17.7 Å². The van der Waals surface area contributed by atoms with E-state index in [9.17, 15) is 9.59 Å². The quantitative estimate of drug-likeness (QED) is 0.751. The lowest BCUT2D eigenvalue weighted by Gasteiger charge is -2.24. The van der Waals surface area contributed by atoms with Crippen molar-refractivity contribution in [3.05, 3.63) is 59.7 Å². The van der Waals surface area contributed by atoms with Crippen LogP contribution in [0.4, 0.5) is 11.4 Å². The summed E-state index contributed by atoms with van der Waals surface area (Å²) in [5, 5.41) is 9.53. The highest BCUT2D eigenvalue weighted by atomic mass is 16.2. The lowest BCUT2D eigenvalue weighted by molar-refractivity contribution is -0.117. The van der Waals surface area contributed by atoms with Crippen LogP contribution in [0.15, 0.2) is 48.5 Å². The summed E-state index contributed by atoms with van der Waals surface area (Å²) in [5.74, 6) is 0.486. The van der Waals surface area contributed by atoms with Crippen LogP contribution < -0.4 is 16.0 Å². The zero-order valence-electron chi connectivity index (χ0n) is 16.2. The molecule has 1 aliphatic heterocycles. The summed E-state index contributed by atoms with van der Waals surface area (Å²) in [6, 6.07) is 15.1. The van der Waals surface area contributed by atoms with Crippen molar-refractivity contribution in [2.24, 2.45) is 5.92 Å². The van der Waals surface area contributed by atoms with Crippen LogP contribution in [0.5, 0.6) is 0 Å². The van der Waals surface area contributed by atoms with Gasteiger partial charge in [0.25, 0.3) is 5.91 Å². The maximum absolute atomic E-state index is 12.8. The van der Waals surface area contributed by atoms with Crippen molar-refractivity contribution >= 4 is 23.2 Å². The first-order chi connectivity index (χ1) is 13.6. The molecule has 3 atom stereocenters. The van der Waals surface area contributed by atoms with Crippen molar-refractivity contribution in [1.29, 1.82) is 0 Å². The van der Waals surface area contributed by atoms with Crippen molar-refractivity contribution in [1.82, 2.24) is 5.32 Å². The van der Waals surface area contributed by atoms with E-state index in [1.165, 1.54) is 25.7 Å². The van der Waals surface area contributed by atoms with Gasteiger partial charge in [-0.15, -0.1) is 0 Å². The minimum Gasteiger partial charge on any atom is -0.324 e. The lowest BCUT2D eigenvalue weighted by Crippen LogP contribution is -2.40. The standard InChI is InChI=1S/C23H27N3O2/c1-15-18(25-22(27)16-8-3-2-4-9-16)12-7-13-19(15)26-23(28)21-14-17-10-5-6-11-20(17)24-21/h2-4,7-9,12-13,17,20-21,24H,5-6,10-11,14H2,1H3,(H,25,27)(H,26,28). The molecule has 0 spiro atoms. The van der Waals surface area contributed by atoms with Gasteiger partial charge in [-0.2, -0.15) is 0 Å². The summed E-state index contributed by atoms with van der Waals surface area (Å²) in [7, 11) is 0. The average Bonchev–Trinajstić information content (AvgIpc) is 3.16. The van der Waals surface area contributed by atoms with Gasteiger partial charge in [-0.1, -0.05) is 37.1 Å². The van der Waals surface area contributed by atoms with E-state index in [1.54, 1.807) is 12.1 Å². The number of fused-ring (bicyclic) bond motifs is 1. The van der Waals surface area contributed by atoms with Gasteiger partial charge in [0.05, 0.1) is 6.04 Å². The Kier molecular flexibility index (Phi) is 5.44. The Morgan fingerprint density at radius 1 is 0.929 bits per heavy atom. The van der Waals surface area contributed by atoms with Crippen LogP contribution in [0.1, 0.15) is 48.0 Å². The number of hydrogen-bond acceptors (Lipinski definition) is 3. The molecule has 3 N–H and O–H groups in total. The van der Waals surface area contributed by atoms with Gasteiger partial charge in [0.2, 0.25) is 5.91 Å². The number of rotatable bonds is 4. The molecule has 146 valence electrons. The van der Waals surface area contributed by atoms with Crippen LogP contribution in [-0.2, 0) is 4.79 Å². The van der Waals surface area contributed by atoms with Crippen molar-refractivity contribution in [2.75, 3.05) is 10.6 Å². The summed E-state index contributed by atoms with van der Waals surface area (Å²) in [6.07, 6.45) is 5.85. The van der Waals surface area contributed by atoms with Crippen LogP contribution >= 0.6 is 0 Å². The molecule has 1 aliphatic carbocycles. The van der Waals surface area contributed by atoms with E-state index >= 15 is 0 Å². The average molecular weight is 377 g/mol. The molecule has 5 heteroatoms. The summed E-state index contributed by atoms with van der Waals surface area (Å²) < 4.78 is 0. The van der Waals surface area contributed by atoms with Crippen LogP contribution in [0.3, 0.4) is 0 Å². The second-order valence-corrected chi connectivity index (χ2v) is 7.89. The van der Waals surface area contributed by atoms with E-state index < -0.39 is 0 Å². The summed E-state index contributed by atoms with van der Waals surface area (Å²) in [5.41, 5.74) is 2.91. The van der Waals surface area contributed by atoms with Gasteiger partial charge in [-0.25, -0.2) is 0 Å². The number of nitrogens with one attached hydrogen (secondary N) is 3. The molecule has 2 aromatic rings. The fourth-order valence-corrected chi connectivity index (χ4v) is 4.43. The first kappa shape index (κ1) is 18.7. The highest BCUT2D eigenvalue weighted by Crippen LogP contribution is 2.34. The van der Waals surface area contributed by atoms with Crippen molar-refractivity contribution in [3.8, 4) is 0 Å². The second-order valence-electron chi connectivity index (χ2n) is 7.89. The highest BCUT2D eigenvalue weighted by molar-refractivity contribution is 6.05. The van der Waals surface area contributed by atoms with Crippen molar-refractivity contribution in [2.45, 2.75) is 51.1 Å². The Hall–Kier alpha value is -2.66. The summed E-state index contributed by atoms with van der Waals surface area (Å²) in [6.45, 7) is 1.91. The SMILES string of the molecule is Cc1c(NC(=O)c2ccccc2)cccc1NC(=O)C1CC2CCCCC2N1. The zero-order valence-corrected chi connectivity index (χ0v) is 16.2. The number of amides is 2. The van der Waals surface area contributed by atoms with E-state index in [4.69, 9.17) is 0 Å². The molecular formula is C23H27N3O2. The predicted molar refractivity (Wildman–Crippen MR) is 111 cm³/mol. The third-order valence-corrected chi connectivity index (χ3v) is 6.06. The van der Waals surface area contributed by atoms with Crippen LogP contribution in [-0.4, -0.2) is 23.9 Å². The maximum Gasteiger partial charge on any atom is 0.255 e. The molecule has 28 heavy (non-hydrogen) atoms. The molecule has 0 aromatic heterocycles. The van der Waals surface area contributed by atoms with E-state index in [2.05, 4.69) is 16.0 Å². The molecule has 1 saturated carbocycles. The molecule has 5 nitrogen and oxygen atoms in total. The molecule has 2 aromatic carbocycles. The number of carbonyl (C=O) groups excluding carboxylic acids is 2. The van der Waals surface area contributed by atoms with Crippen LogP contribution in [0, 0.1) is 12.8 Å². The van der Waals surface area contributed by atoms with Gasteiger partial charge in [-0.3, -0.25) is 9.59 Å². The Bertz CT molecular complexity index is 851. The second kappa shape index (κ2) is 8.15.